The monoisotopic (exact) mass is 197 g/mol. The molecule has 0 bridgehead atoms. The van der Waals surface area contributed by atoms with Crippen LogP contribution in [0.5, 0.6) is 0 Å². The van der Waals surface area contributed by atoms with Crippen LogP contribution < -0.4 is 5.14 Å². The maximum atomic E-state index is 11.2. The van der Waals surface area contributed by atoms with Crippen molar-refractivity contribution in [3.63, 3.8) is 0 Å². The molecule has 4 heteroatoms. The van der Waals surface area contributed by atoms with Gasteiger partial charge in [-0.1, -0.05) is 24.3 Å². The van der Waals surface area contributed by atoms with Crippen molar-refractivity contribution in [1.82, 2.24) is 0 Å². The lowest BCUT2D eigenvalue weighted by Crippen LogP contribution is -2.19. The van der Waals surface area contributed by atoms with E-state index in [1.54, 1.807) is 0 Å². The van der Waals surface area contributed by atoms with Gasteiger partial charge in [0.05, 0.1) is 0 Å². The largest absolute Gasteiger partial charge is 0.228 e. The molecule has 70 valence electrons. The molecule has 13 heavy (non-hydrogen) atoms. The molecule has 1 aliphatic carbocycles. The van der Waals surface area contributed by atoms with Gasteiger partial charge in [-0.25, -0.2) is 13.6 Å². The van der Waals surface area contributed by atoms with Crippen molar-refractivity contribution < 1.29 is 8.42 Å². The summed E-state index contributed by atoms with van der Waals surface area (Å²) in [5.41, 5.74) is 1.99. The summed E-state index contributed by atoms with van der Waals surface area (Å²) in [5.74, 6) is 0. The zero-order valence-corrected chi connectivity index (χ0v) is 7.92. The molecule has 2 N–H and O–H groups in total. The lowest BCUT2D eigenvalue weighted by atomic mass is 10.1. The van der Waals surface area contributed by atoms with E-state index in [-0.39, 0.29) is 0 Å². The van der Waals surface area contributed by atoms with E-state index in [0.717, 1.165) is 17.5 Å². The van der Waals surface area contributed by atoms with Crippen LogP contribution in [0.1, 0.15) is 22.8 Å². The van der Waals surface area contributed by atoms with Gasteiger partial charge in [-0.2, -0.15) is 0 Å². The van der Waals surface area contributed by atoms with Crippen LogP contribution in [0.15, 0.2) is 24.3 Å². The first-order valence-electron chi connectivity index (χ1n) is 4.18. The van der Waals surface area contributed by atoms with Crippen LogP contribution in [-0.2, 0) is 16.4 Å². The van der Waals surface area contributed by atoms with E-state index in [4.69, 9.17) is 5.14 Å². The summed E-state index contributed by atoms with van der Waals surface area (Å²) in [7, 11) is -3.42. The van der Waals surface area contributed by atoms with Gasteiger partial charge in [0.1, 0.15) is 5.25 Å². The first-order chi connectivity index (χ1) is 6.09. The predicted octanol–water partition coefficient (Wildman–Crippen LogP) is 0.962. The van der Waals surface area contributed by atoms with Gasteiger partial charge in [-0.05, 0) is 24.0 Å². The molecule has 0 radical (unpaired) electrons. The van der Waals surface area contributed by atoms with Crippen molar-refractivity contribution in [2.75, 3.05) is 0 Å². The summed E-state index contributed by atoms with van der Waals surface area (Å²) in [5, 5.41) is 4.65. The highest BCUT2D eigenvalue weighted by molar-refractivity contribution is 7.89. The van der Waals surface area contributed by atoms with Crippen LogP contribution in [0.3, 0.4) is 0 Å². The maximum Gasteiger partial charge on any atom is 0.216 e. The first-order valence-corrected chi connectivity index (χ1v) is 5.79. The molecule has 0 unspecified atom stereocenters. The highest BCUT2D eigenvalue weighted by Gasteiger charge is 2.30. The summed E-state index contributed by atoms with van der Waals surface area (Å²) >= 11 is 0. The molecule has 0 amide bonds. The molecule has 1 aromatic carbocycles. The Morgan fingerprint density at radius 2 is 2.00 bits per heavy atom. The fourth-order valence-electron chi connectivity index (χ4n) is 1.86. The lowest BCUT2D eigenvalue weighted by molar-refractivity contribution is 0.582. The van der Waals surface area contributed by atoms with Crippen molar-refractivity contribution in [1.29, 1.82) is 0 Å². The van der Waals surface area contributed by atoms with Gasteiger partial charge in [-0.15, -0.1) is 0 Å². The van der Waals surface area contributed by atoms with Gasteiger partial charge in [0.25, 0.3) is 0 Å². The average molecular weight is 197 g/mol. The normalized spacial score (nSPS) is 21.5. The van der Waals surface area contributed by atoms with Gasteiger partial charge in [0.15, 0.2) is 0 Å². The summed E-state index contributed by atoms with van der Waals surface area (Å²) in [6, 6.07) is 7.57. The van der Waals surface area contributed by atoms with Crippen molar-refractivity contribution in [2.45, 2.75) is 18.1 Å². The van der Waals surface area contributed by atoms with Crippen LogP contribution in [0.2, 0.25) is 0 Å². The first kappa shape index (κ1) is 8.72. The molecule has 0 spiro atoms. The van der Waals surface area contributed by atoms with Crippen LogP contribution in [0.4, 0.5) is 0 Å². The highest BCUT2D eigenvalue weighted by Crippen LogP contribution is 2.35. The molecule has 0 aromatic heterocycles. The number of rotatable bonds is 1. The lowest BCUT2D eigenvalue weighted by Gasteiger charge is -2.07. The third-order valence-corrected chi connectivity index (χ3v) is 3.76. The van der Waals surface area contributed by atoms with Gasteiger partial charge in [0, 0.05) is 0 Å². The zero-order chi connectivity index (χ0) is 9.47. The molecule has 0 heterocycles. The minimum absolute atomic E-state index is 0.483. The minimum atomic E-state index is -3.42. The van der Waals surface area contributed by atoms with Gasteiger partial charge in [-0.3, -0.25) is 0 Å². The number of sulfonamides is 1. The number of hydrogen-bond donors (Lipinski definition) is 1. The van der Waals surface area contributed by atoms with E-state index in [0.29, 0.717) is 6.42 Å². The third kappa shape index (κ3) is 1.47. The smallest absolute Gasteiger partial charge is 0.216 e. The fraction of sp³-hybridized carbons (Fsp3) is 0.333. The van der Waals surface area contributed by atoms with Crippen LogP contribution in [0.25, 0.3) is 0 Å². The molecule has 1 aromatic rings. The number of hydrogen-bond acceptors (Lipinski definition) is 2. The molecular weight excluding hydrogens is 186 g/mol. The third-order valence-electron chi connectivity index (χ3n) is 2.47. The van der Waals surface area contributed by atoms with Crippen LogP contribution in [0, 0.1) is 0 Å². The Kier molecular flexibility index (Phi) is 1.89. The maximum absolute atomic E-state index is 11.2. The Morgan fingerprint density at radius 3 is 2.69 bits per heavy atom. The average Bonchev–Trinajstić information content (AvgIpc) is 2.45. The standard InChI is InChI=1S/C9H11NO2S/c10-13(11,12)9-6-5-7-3-1-2-4-8(7)9/h1-4,9H,5-6H2,(H2,10,11,12)/t9-/m1/s1. The molecule has 0 saturated heterocycles. The van der Waals surface area contributed by atoms with Crippen molar-refractivity contribution in [2.24, 2.45) is 5.14 Å². The summed E-state index contributed by atoms with van der Waals surface area (Å²) < 4.78 is 22.3. The zero-order valence-electron chi connectivity index (χ0n) is 7.10. The van der Waals surface area contributed by atoms with Crippen LogP contribution in [-0.4, -0.2) is 8.42 Å². The van der Waals surface area contributed by atoms with Gasteiger partial charge >= 0.3 is 0 Å². The van der Waals surface area contributed by atoms with Crippen molar-refractivity contribution in [3.05, 3.63) is 35.4 Å². The summed E-state index contributed by atoms with van der Waals surface area (Å²) in [6.07, 6.45) is 1.44. The fourth-order valence-corrected chi connectivity index (χ4v) is 2.89. The van der Waals surface area contributed by atoms with E-state index >= 15 is 0 Å². The number of fused-ring (bicyclic) bond motifs is 1. The van der Waals surface area contributed by atoms with E-state index in [9.17, 15) is 8.42 Å². The second-order valence-electron chi connectivity index (χ2n) is 3.32. The van der Waals surface area contributed by atoms with Crippen molar-refractivity contribution in [3.8, 4) is 0 Å². The second kappa shape index (κ2) is 2.82. The minimum Gasteiger partial charge on any atom is -0.228 e. The molecule has 3 nitrogen and oxygen atoms in total. The second-order valence-corrected chi connectivity index (χ2v) is 5.06. The van der Waals surface area contributed by atoms with E-state index < -0.39 is 15.3 Å². The van der Waals surface area contributed by atoms with Gasteiger partial charge in [0.2, 0.25) is 10.0 Å². The Balaban J connectivity index is 2.51. The predicted molar refractivity (Wildman–Crippen MR) is 50.6 cm³/mol. The van der Waals surface area contributed by atoms with Crippen LogP contribution >= 0.6 is 0 Å². The number of nitrogens with two attached hydrogens (primary N) is 1. The Bertz CT molecular complexity index is 425. The molecule has 0 saturated carbocycles. The highest BCUT2D eigenvalue weighted by atomic mass is 32.2. The molecule has 0 fully saturated rings. The molecular formula is C9H11NO2S. The summed E-state index contributed by atoms with van der Waals surface area (Å²) in [4.78, 5) is 0. The van der Waals surface area contributed by atoms with E-state index in [1.165, 1.54) is 0 Å². The van der Waals surface area contributed by atoms with Gasteiger partial charge < -0.3 is 0 Å². The number of primary sulfonamides is 1. The number of aryl methyl sites for hydroxylation is 1. The van der Waals surface area contributed by atoms with E-state index in [1.807, 2.05) is 24.3 Å². The molecule has 0 aliphatic heterocycles. The molecule has 2 rings (SSSR count). The van der Waals surface area contributed by atoms with Crippen molar-refractivity contribution >= 4 is 10.0 Å². The summed E-state index contributed by atoms with van der Waals surface area (Å²) in [6.45, 7) is 0. The Hall–Kier alpha value is -0.870. The SMILES string of the molecule is NS(=O)(=O)[C@@H]1CCc2ccccc21. The van der Waals surface area contributed by atoms with E-state index in [2.05, 4.69) is 0 Å². The molecule has 1 aliphatic rings. The number of benzene rings is 1. The molecule has 1 atom stereocenters. The Morgan fingerprint density at radius 1 is 1.31 bits per heavy atom. The topological polar surface area (TPSA) is 60.2 Å². The quantitative estimate of drug-likeness (QED) is 0.729. The Labute approximate surface area is 77.6 Å².